The normalized spacial score (nSPS) is 15.2. The summed E-state index contributed by atoms with van der Waals surface area (Å²) in [6.45, 7) is 7.30. The van der Waals surface area contributed by atoms with Gasteiger partial charge in [0.15, 0.2) is 5.78 Å². The van der Waals surface area contributed by atoms with E-state index in [1.54, 1.807) is 38.1 Å². The highest BCUT2D eigenvalue weighted by atomic mass is 16.6. The van der Waals surface area contributed by atoms with Gasteiger partial charge in [0.05, 0.1) is 16.9 Å². The molecule has 4 amide bonds. The lowest BCUT2D eigenvalue weighted by Crippen LogP contribution is -2.35. The summed E-state index contributed by atoms with van der Waals surface area (Å²) in [6, 6.07) is 12.3. The van der Waals surface area contributed by atoms with Crippen molar-refractivity contribution in [2.45, 2.75) is 58.2 Å². The smallest absolute Gasteiger partial charge is 0.338 e. The number of esters is 1. The lowest BCUT2D eigenvalue weighted by atomic mass is 9.96. The Morgan fingerprint density at radius 2 is 1.07 bits per heavy atom. The number of hydrogen-bond donors (Lipinski definition) is 0. The standard InChI is InChI=1S/C32H32N2O8/c1-31(2,42-30(40)22-9-13-24(14-10-22)34-27(37)17-18-28(34)38)19-5-6-20-41-32(3,4)29(39)21-7-11-23(12-8-21)33-25(35)15-16-26(33)36/h7-18H,5-6,19-20H2,1-4H3. The molecular weight excluding hydrogens is 540 g/mol. The minimum atomic E-state index is -1.10. The number of ether oxygens (including phenoxy) is 2. The van der Waals surface area contributed by atoms with Crippen molar-refractivity contribution in [3.8, 4) is 0 Å². The van der Waals surface area contributed by atoms with Gasteiger partial charge in [-0.25, -0.2) is 14.6 Å². The van der Waals surface area contributed by atoms with E-state index in [9.17, 15) is 28.8 Å². The first-order valence-electron chi connectivity index (χ1n) is 13.5. The van der Waals surface area contributed by atoms with Crippen molar-refractivity contribution in [2.75, 3.05) is 16.4 Å². The Morgan fingerprint density at radius 1 is 0.643 bits per heavy atom. The van der Waals surface area contributed by atoms with Crippen molar-refractivity contribution in [2.24, 2.45) is 0 Å². The maximum atomic E-state index is 13.1. The van der Waals surface area contributed by atoms with Crippen LogP contribution in [0.5, 0.6) is 0 Å². The zero-order valence-corrected chi connectivity index (χ0v) is 23.9. The van der Waals surface area contributed by atoms with Gasteiger partial charge in [-0.2, -0.15) is 0 Å². The van der Waals surface area contributed by atoms with Gasteiger partial charge in [0.1, 0.15) is 11.2 Å². The van der Waals surface area contributed by atoms with Gasteiger partial charge in [-0.3, -0.25) is 24.0 Å². The molecule has 0 N–H and O–H groups in total. The van der Waals surface area contributed by atoms with E-state index in [1.807, 2.05) is 13.8 Å². The summed E-state index contributed by atoms with van der Waals surface area (Å²) in [5, 5.41) is 0. The molecule has 2 aromatic carbocycles. The molecule has 42 heavy (non-hydrogen) atoms. The van der Waals surface area contributed by atoms with Crippen LogP contribution in [0, 0.1) is 0 Å². The number of ketones is 1. The number of hydrogen-bond acceptors (Lipinski definition) is 8. The Labute approximate surface area is 243 Å². The highest BCUT2D eigenvalue weighted by molar-refractivity contribution is 6.28. The number of carbonyl (C=O) groups excluding carboxylic acids is 6. The Hall–Kier alpha value is -4.70. The van der Waals surface area contributed by atoms with E-state index in [4.69, 9.17) is 9.47 Å². The van der Waals surface area contributed by atoms with Crippen molar-refractivity contribution in [1.29, 1.82) is 0 Å². The lowest BCUT2D eigenvalue weighted by molar-refractivity contribution is -0.121. The van der Waals surface area contributed by atoms with Crippen molar-refractivity contribution >= 4 is 46.8 Å². The summed E-state index contributed by atoms with van der Waals surface area (Å²) in [5.41, 5.74) is -0.411. The van der Waals surface area contributed by atoms with E-state index in [0.29, 0.717) is 48.4 Å². The zero-order chi connectivity index (χ0) is 30.7. The molecule has 0 atom stereocenters. The van der Waals surface area contributed by atoms with Crippen molar-refractivity contribution in [3.05, 3.63) is 84.0 Å². The third kappa shape index (κ3) is 6.77. The van der Waals surface area contributed by atoms with Gasteiger partial charge < -0.3 is 9.47 Å². The van der Waals surface area contributed by atoms with Gasteiger partial charge >= 0.3 is 5.97 Å². The lowest BCUT2D eigenvalue weighted by Gasteiger charge is -2.26. The summed E-state index contributed by atoms with van der Waals surface area (Å²) in [5.74, 6) is -2.48. The van der Waals surface area contributed by atoms with Crippen LogP contribution in [0.3, 0.4) is 0 Å². The second-order valence-electron chi connectivity index (χ2n) is 11.1. The minimum absolute atomic E-state index is 0.235. The Balaban J connectivity index is 1.21. The summed E-state index contributed by atoms with van der Waals surface area (Å²) in [4.78, 5) is 75.2. The Morgan fingerprint density at radius 3 is 1.52 bits per heavy atom. The second-order valence-corrected chi connectivity index (χ2v) is 11.1. The molecule has 0 saturated carbocycles. The van der Waals surface area contributed by atoms with Crippen LogP contribution in [0.15, 0.2) is 72.8 Å². The molecule has 0 spiro atoms. The molecule has 0 saturated heterocycles. The zero-order valence-electron chi connectivity index (χ0n) is 23.9. The second kappa shape index (κ2) is 12.0. The maximum absolute atomic E-state index is 13.1. The van der Waals surface area contributed by atoms with Crippen LogP contribution in [-0.4, -0.2) is 53.2 Å². The molecule has 0 aliphatic carbocycles. The van der Waals surface area contributed by atoms with E-state index < -0.39 is 40.8 Å². The number of nitrogens with zero attached hydrogens (tertiary/aromatic N) is 2. The first-order chi connectivity index (χ1) is 19.8. The average molecular weight is 573 g/mol. The molecule has 2 aliphatic heterocycles. The minimum Gasteiger partial charge on any atom is -0.456 e. The number of amides is 4. The maximum Gasteiger partial charge on any atom is 0.338 e. The number of benzene rings is 2. The summed E-state index contributed by atoms with van der Waals surface area (Å²) in [7, 11) is 0. The molecule has 2 aromatic rings. The van der Waals surface area contributed by atoms with E-state index in [2.05, 4.69) is 0 Å². The largest absolute Gasteiger partial charge is 0.456 e. The SMILES string of the molecule is CC(C)(CCCCOC(C)(C)C(=O)c1ccc(N2C(=O)C=CC2=O)cc1)OC(=O)c1ccc(N2C(=O)C=CC2=O)cc1. The van der Waals surface area contributed by atoms with Crippen LogP contribution < -0.4 is 9.80 Å². The summed E-state index contributed by atoms with van der Waals surface area (Å²) < 4.78 is 11.6. The van der Waals surface area contributed by atoms with E-state index >= 15 is 0 Å². The van der Waals surface area contributed by atoms with Crippen LogP contribution in [0.4, 0.5) is 11.4 Å². The van der Waals surface area contributed by atoms with Gasteiger partial charge in [0.25, 0.3) is 23.6 Å². The molecule has 2 aliphatic rings. The van der Waals surface area contributed by atoms with E-state index in [-0.39, 0.29) is 5.78 Å². The number of Topliss-reactive ketones (excluding diaryl/α,β-unsaturated/α-hetero) is 1. The first-order valence-corrected chi connectivity index (χ1v) is 13.5. The molecule has 10 nitrogen and oxygen atoms in total. The monoisotopic (exact) mass is 572 g/mol. The predicted octanol–water partition coefficient (Wildman–Crippen LogP) is 4.33. The fraction of sp³-hybridized carbons (Fsp3) is 0.312. The van der Waals surface area contributed by atoms with Crippen molar-refractivity contribution < 1.29 is 38.2 Å². The Bertz CT molecular complexity index is 1450. The van der Waals surface area contributed by atoms with Gasteiger partial charge in [-0.15, -0.1) is 0 Å². The fourth-order valence-electron chi connectivity index (χ4n) is 4.57. The molecule has 10 heteroatoms. The number of rotatable bonds is 12. The fourth-order valence-corrected chi connectivity index (χ4v) is 4.57. The highest BCUT2D eigenvalue weighted by Crippen LogP contribution is 2.25. The predicted molar refractivity (Wildman–Crippen MR) is 154 cm³/mol. The molecule has 4 rings (SSSR count). The Kier molecular flexibility index (Phi) is 8.67. The molecule has 2 heterocycles. The van der Waals surface area contributed by atoms with Crippen molar-refractivity contribution in [1.82, 2.24) is 0 Å². The molecule has 0 fully saturated rings. The average Bonchev–Trinajstić information content (AvgIpc) is 3.46. The topological polar surface area (TPSA) is 127 Å². The number of anilines is 2. The highest BCUT2D eigenvalue weighted by Gasteiger charge is 2.31. The molecule has 0 unspecified atom stereocenters. The van der Waals surface area contributed by atoms with Crippen LogP contribution in [0.25, 0.3) is 0 Å². The first kappa shape index (κ1) is 30.3. The third-order valence-electron chi connectivity index (χ3n) is 6.92. The molecule has 0 radical (unpaired) electrons. The summed E-state index contributed by atoms with van der Waals surface area (Å²) >= 11 is 0. The molecule has 218 valence electrons. The van der Waals surface area contributed by atoms with E-state index in [0.717, 1.165) is 9.80 Å². The number of unbranched alkanes of at least 4 members (excludes halogenated alkanes) is 1. The van der Waals surface area contributed by atoms with Crippen molar-refractivity contribution in [3.63, 3.8) is 0 Å². The van der Waals surface area contributed by atoms with Crippen LogP contribution in [0.1, 0.15) is 67.7 Å². The van der Waals surface area contributed by atoms with Crippen LogP contribution in [-0.2, 0) is 28.7 Å². The van der Waals surface area contributed by atoms with E-state index in [1.165, 1.54) is 48.6 Å². The van der Waals surface area contributed by atoms with Crippen LogP contribution >= 0.6 is 0 Å². The van der Waals surface area contributed by atoms with Crippen LogP contribution in [0.2, 0.25) is 0 Å². The van der Waals surface area contributed by atoms with Gasteiger partial charge in [-0.05, 0) is 95.5 Å². The molecule has 0 aromatic heterocycles. The number of carbonyl (C=O) groups is 6. The summed E-state index contributed by atoms with van der Waals surface area (Å²) in [6.07, 6.45) is 6.65. The molecular formula is C32H32N2O8. The quantitative estimate of drug-likeness (QED) is 0.159. The third-order valence-corrected chi connectivity index (χ3v) is 6.92. The van der Waals surface area contributed by atoms with Gasteiger partial charge in [0, 0.05) is 36.5 Å². The number of imide groups is 2. The van der Waals surface area contributed by atoms with Gasteiger partial charge in [0.2, 0.25) is 0 Å². The van der Waals surface area contributed by atoms with Gasteiger partial charge in [-0.1, -0.05) is 0 Å². The molecule has 0 bridgehead atoms.